The zero-order valence-corrected chi connectivity index (χ0v) is 11.4. The van der Waals surface area contributed by atoms with Gasteiger partial charge < -0.3 is 14.8 Å². The van der Waals surface area contributed by atoms with Crippen molar-refractivity contribution in [1.29, 1.82) is 5.26 Å². The lowest BCUT2D eigenvalue weighted by Gasteiger charge is -2.18. The first kappa shape index (κ1) is 17.2. The molecule has 0 radical (unpaired) electrons. The summed E-state index contributed by atoms with van der Waals surface area (Å²) in [7, 11) is 2.87. The van der Waals surface area contributed by atoms with Gasteiger partial charge in [-0.3, -0.25) is 0 Å². The Labute approximate surface area is 119 Å². The minimum Gasteiger partial charge on any atom is -0.382 e. The molecular formula is C13H14F4N2O2. The fourth-order valence-corrected chi connectivity index (χ4v) is 1.65. The second-order valence-electron chi connectivity index (χ2n) is 4.18. The number of nitriles is 1. The molecule has 1 aromatic rings. The van der Waals surface area contributed by atoms with E-state index in [1.807, 2.05) is 0 Å². The number of alkyl halides is 3. The minimum atomic E-state index is -4.83. The van der Waals surface area contributed by atoms with E-state index < -0.39 is 23.7 Å². The second kappa shape index (κ2) is 7.24. The van der Waals surface area contributed by atoms with Crippen LogP contribution in [0.25, 0.3) is 0 Å². The number of hydrogen-bond donors (Lipinski definition) is 1. The van der Waals surface area contributed by atoms with Gasteiger partial charge in [0.25, 0.3) is 0 Å². The number of halogens is 4. The van der Waals surface area contributed by atoms with Gasteiger partial charge >= 0.3 is 6.18 Å². The first-order valence-corrected chi connectivity index (χ1v) is 5.90. The molecule has 0 spiro atoms. The van der Waals surface area contributed by atoms with Crippen molar-refractivity contribution in [3.63, 3.8) is 0 Å². The molecule has 0 heterocycles. The Hall–Kier alpha value is -1.85. The van der Waals surface area contributed by atoms with Crippen LogP contribution in [0.3, 0.4) is 0 Å². The van der Waals surface area contributed by atoms with E-state index >= 15 is 0 Å². The van der Waals surface area contributed by atoms with Gasteiger partial charge in [-0.1, -0.05) is 0 Å². The number of benzene rings is 1. The van der Waals surface area contributed by atoms with Crippen LogP contribution in [0.15, 0.2) is 12.1 Å². The van der Waals surface area contributed by atoms with Gasteiger partial charge in [0, 0.05) is 20.8 Å². The number of rotatable bonds is 6. The third kappa shape index (κ3) is 4.58. The molecular weight excluding hydrogens is 292 g/mol. The highest BCUT2D eigenvalue weighted by Gasteiger charge is 2.35. The van der Waals surface area contributed by atoms with E-state index in [1.165, 1.54) is 14.2 Å². The van der Waals surface area contributed by atoms with Gasteiger partial charge in [0.1, 0.15) is 11.9 Å². The number of methoxy groups -OCH3 is 2. The van der Waals surface area contributed by atoms with Gasteiger partial charge in [-0.05, 0) is 12.1 Å². The summed E-state index contributed by atoms with van der Waals surface area (Å²) in [5.74, 6) is -1.48. The van der Waals surface area contributed by atoms with E-state index in [2.05, 4.69) is 5.32 Å². The molecule has 1 aromatic carbocycles. The topological polar surface area (TPSA) is 54.3 Å². The lowest BCUT2D eigenvalue weighted by molar-refractivity contribution is -0.139. The number of nitrogens with one attached hydrogen (secondary N) is 1. The van der Waals surface area contributed by atoms with E-state index in [0.29, 0.717) is 12.1 Å². The van der Waals surface area contributed by atoms with Gasteiger partial charge in [-0.2, -0.15) is 18.4 Å². The summed E-state index contributed by atoms with van der Waals surface area (Å²) >= 11 is 0. The highest BCUT2D eigenvalue weighted by molar-refractivity contribution is 5.59. The largest absolute Gasteiger partial charge is 0.419 e. The van der Waals surface area contributed by atoms with Crippen LogP contribution >= 0.6 is 0 Å². The van der Waals surface area contributed by atoms with Crippen molar-refractivity contribution in [3.05, 3.63) is 29.1 Å². The van der Waals surface area contributed by atoms with Crippen molar-refractivity contribution in [2.75, 3.05) is 32.7 Å². The number of anilines is 1. The first-order chi connectivity index (χ1) is 9.83. The van der Waals surface area contributed by atoms with Crippen LogP contribution in [0, 0.1) is 17.1 Å². The Morgan fingerprint density at radius 3 is 2.48 bits per heavy atom. The summed E-state index contributed by atoms with van der Waals surface area (Å²) in [6.07, 6.45) is -5.25. The van der Waals surface area contributed by atoms with Crippen molar-refractivity contribution in [2.45, 2.75) is 12.3 Å². The molecule has 0 aromatic heterocycles. The third-order valence-corrected chi connectivity index (χ3v) is 2.74. The molecule has 0 saturated carbocycles. The first-order valence-electron chi connectivity index (χ1n) is 5.90. The molecule has 0 amide bonds. The zero-order valence-electron chi connectivity index (χ0n) is 11.4. The molecule has 1 N–H and O–H groups in total. The quantitative estimate of drug-likeness (QED) is 0.821. The molecule has 1 rings (SSSR count). The van der Waals surface area contributed by atoms with Gasteiger partial charge in [-0.25, -0.2) is 4.39 Å². The molecule has 0 aliphatic rings. The molecule has 8 heteroatoms. The maximum Gasteiger partial charge on any atom is 0.419 e. The van der Waals surface area contributed by atoms with E-state index in [1.54, 1.807) is 6.07 Å². The molecule has 1 unspecified atom stereocenters. The zero-order chi connectivity index (χ0) is 16.0. The average Bonchev–Trinajstić information content (AvgIpc) is 2.42. The molecule has 0 aliphatic carbocycles. The summed E-state index contributed by atoms with van der Waals surface area (Å²) in [5.41, 5.74) is -1.75. The predicted molar refractivity (Wildman–Crippen MR) is 67.3 cm³/mol. The number of hydrogen-bond acceptors (Lipinski definition) is 4. The minimum absolute atomic E-state index is 0.107. The SMILES string of the molecule is COCC(CNc1cc(C(F)(F)F)c(F)cc1C#N)OC. The van der Waals surface area contributed by atoms with Crippen molar-refractivity contribution in [3.8, 4) is 6.07 Å². The molecule has 21 heavy (non-hydrogen) atoms. The van der Waals surface area contributed by atoms with Crippen LogP contribution in [-0.2, 0) is 15.7 Å². The standard InChI is InChI=1S/C13H14F4N2O2/c1-20-7-9(21-2)6-19-12-4-10(13(15,16)17)11(14)3-8(12)5-18/h3-4,9,19H,6-7H2,1-2H3. The van der Waals surface area contributed by atoms with Crippen LogP contribution in [0.5, 0.6) is 0 Å². The summed E-state index contributed by atoms with van der Waals surface area (Å²) < 4.78 is 61.2. The molecule has 0 saturated heterocycles. The summed E-state index contributed by atoms with van der Waals surface area (Å²) in [6.45, 7) is 0.334. The van der Waals surface area contributed by atoms with Crippen molar-refractivity contribution >= 4 is 5.69 Å². The molecule has 0 aliphatic heterocycles. The Bertz CT molecular complexity index is 526. The number of nitrogens with zero attached hydrogens (tertiary/aromatic N) is 1. The third-order valence-electron chi connectivity index (χ3n) is 2.74. The fourth-order valence-electron chi connectivity index (χ4n) is 1.65. The Morgan fingerprint density at radius 1 is 1.33 bits per heavy atom. The molecule has 0 bridgehead atoms. The summed E-state index contributed by atoms with van der Waals surface area (Å²) in [4.78, 5) is 0. The van der Waals surface area contributed by atoms with E-state index in [9.17, 15) is 17.6 Å². The fraction of sp³-hybridized carbons (Fsp3) is 0.462. The van der Waals surface area contributed by atoms with Crippen molar-refractivity contribution in [1.82, 2.24) is 0 Å². The molecule has 116 valence electrons. The highest BCUT2D eigenvalue weighted by Crippen LogP contribution is 2.34. The lowest BCUT2D eigenvalue weighted by Crippen LogP contribution is -2.27. The maximum absolute atomic E-state index is 13.4. The number of ether oxygens (including phenoxy) is 2. The van der Waals surface area contributed by atoms with Crippen molar-refractivity contribution in [2.24, 2.45) is 0 Å². The van der Waals surface area contributed by atoms with E-state index in [4.69, 9.17) is 14.7 Å². The average molecular weight is 306 g/mol. The lowest BCUT2D eigenvalue weighted by atomic mass is 10.1. The van der Waals surface area contributed by atoms with Crippen LogP contribution in [-0.4, -0.2) is 33.5 Å². The van der Waals surface area contributed by atoms with Crippen LogP contribution in [0.4, 0.5) is 23.2 Å². The molecule has 0 fully saturated rings. The Kier molecular flexibility index (Phi) is 5.93. The van der Waals surface area contributed by atoms with Crippen LogP contribution < -0.4 is 5.32 Å². The highest BCUT2D eigenvalue weighted by atomic mass is 19.4. The molecule has 4 nitrogen and oxygen atoms in total. The summed E-state index contributed by atoms with van der Waals surface area (Å²) in [6, 6.07) is 2.78. The Morgan fingerprint density at radius 2 is 2.00 bits per heavy atom. The van der Waals surface area contributed by atoms with Crippen LogP contribution in [0.2, 0.25) is 0 Å². The van der Waals surface area contributed by atoms with Gasteiger partial charge in [0.2, 0.25) is 0 Å². The molecule has 1 atom stereocenters. The summed E-state index contributed by atoms with van der Waals surface area (Å²) in [5, 5.41) is 11.5. The van der Waals surface area contributed by atoms with E-state index in [0.717, 1.165) is 0 Å². The predicted octanol–water partition coefficient (Wildman–Crippen LogP) is 2.79. The van der Waals surface area contributed by atoms with Crippen molar-refractivity contribution < 1.29 is 27.0 Å². The smallest absolute Gasteiger partial charge is 0.382 e. The Balaban J connectivity index is 3.03. The second-order valence-corrected chi connectivity index (χ2v) is 4.18. The van der Waals surface area contributed by atoms with Gasteiger partial charge in [-0.15, -0.1) is 0 Å². The normalized spacial score (nSPS) is 12.8. The monoisotopic (exact) mass is 306 g/mol. The maximum atomic E-state index is 13.4. The van der Waals surface area contributed by atoms with E-state index in [-0.39, 0.29) is 24.4 Å². The van der Waals surface area contributed by atoms with Crippen LogP contribution in [0.1, 0.15) is 11.1 Å². The van der Waals surface area contributed by atoms with Gasteiger partial charge in [0.15, 0.2) is 0 Å². The van der Waals surface area contributed by atoms with Gasteiger partial charge in [0.05, 0.1) is 29.5 Å².